The molecule has 1 N–H and O–H groups in total. The second-order valence-electron chi connectivity index (χ2n) is 5.25. The van der Waals surface area contributed by atoms with Gasteiger partial charge in [0, 0.05) is 42.4 Å². The largest absolute Gasteiger partial charge is 0.493 e. The minimum atomic E-state index is 0.284. The fourth-order valence-corrected chi connectivity index (χ4v) is 2.69. The van der Waals surface area contributed by atoms with Gasteiger partial charge in [-0.25, -0.2) is 0 Å². The van der Waals surface area contributed by atoms with E-state index < -0.39 is 0 Å². The molecule has 0 saturated carbocycles. The standard InChI is InChI=1S/C16H21N3O/c1-3-19-11-13(10-17-19)12(2)18-15-8-9-20-16-7-5-4-6-14(15)16/h4-7,10-12,15,18H,3,8-9H2,1-2H3. The number of nitrogens with zero attached hydrogens (tertiary/aromatic N) is 2. The van der Waals surface area contributed by atoms with E-state index in [1.165, 1.54) is 11.1 Å². The molecular weight excluding hydrogens is 250 g/mol. The van der Waals surface area contributed by atoms with Crippen LogP contribution in [0.3, 0.4) is 0 Å². The molecule has 0 fully saturated rings. The first-order valence-electron chi connectivity index (χ1n) is 7.28. The summed E-state index contributed by atoms with van der Waals surface area (Å²) in [5.41, 5.74) is 2.49. The van der Waals surface area contributed by atoms with Crippen LogP contribution in [0.4, 0.5) is 0 Å². The van der Waals surface area contributed by atoms with Crippen molar-refractivity contribution >= 4 is 0 Å². The predicted molar refractivity (Wildman–Crippen MR) is 78.7 cm³/mol. The SMILES string of the molecule is CCn1cc(C(C)NC2CCOc3ccccc32)cn1. The number of para-hydroxylation sites is 1. The highest BCUT2D eigenvalue weighted by atomic mass is 16.5. The number of aromatic nitrogens is 2. The third-order valence-electron chi connectivity index (χ3n) is 3.89. The van der Waals surface area contributed by atoms with Crippen molar-refractivity contribution in [3.63, 3.8) is 0 Å². The van der Waals surface area contributed by atoms with Crippen molar-refractivity contribution < 1.29 is 4.74 Å². The average Bonchev–Trinajstić information content (AvgIpc) is 2.97. The Bertz CT molecular complexity index is 579. The van der Waals surface area contributed by atoms with E-state index in [0.717, 1.165) is 25.3 Å². The van der Waals surface area contributed by atoms with Crippen LogP contribution in [0.1, 0.15) is 43.5 Å². The van der Waals surface area contributed by atoms with Gasteiger partial charge in [0.2, 0.25) is 0 Å². The van der Waals surface area contributed by atoms with Crippen LogP contribution in [0, 0.1) is 0 Å². The highest BCUT2D eigenvalue weighted by molar-refractivity contribution is 5.37. The van der Waals surface area contributed by atoms with Gasteiger partial charge in [0.05, 0.1) is 12.8 Å². The molecule has 0 aliphatic carbocycles. The second kappa shape index (κ2) is 5.67. The Labute approximate surface area is 119 Å². The molecular formula is C16H21N3O. The zero-order valence-electron chi connectivity index (χ0n) is 12.0. The Hall–Kier alpha value is -1.81. The Kier molecular flexibility index (Phi) is 3.74. The van der Waals surface area contributed by atoms with Crippen LogP contribution in [-0.2, 0) is 6.54 Å². The number of hydrogen-bond donors (Lipinski definition) is 1. The van der Waals surface area contributed by atoms with E-state index in [1.807, 2.05) is 23.0 Å². The lowest BCUT2D eigenvalue weighted by Crippen LogP contribution is -2.29. The summed E-state index contributed by atoms with van der Waals surface area (Å²) in [6.45, 7) is 5.97. The molecule has 4 heteroatoms. The number of aryl methyl sites for hydroxylation is 1. The van der Waals surface area contributed by atoms with Gasteiger partial charge in [0.15, 0.2) is 0 Å². The van der Waals surface area contributed by atoms with Gasteiger partial charge in [-0.15, -0.1) is 0 Å². The van der Waals surface area contributed by atoms with E-state index in [1.54, 1.807) is 0 Å². The van der Waals surface area contributed by atoms with Crippen LogP contribution in [0.5, 0.6) is 5.75 Å². The van der Waals surface area contributed by atoms with E-state index in [9.17, 15) is 0 Å². The second-order valence-corrected chi connectivity index (χ2v) is 5.25. The third-order valence-corrected chi connectivity index (χ3v) is 3.89. The molecule has 1 aromatic carbocycles. The first-order chi connectivity index (χ1) is 9.78. The molecule has 106 valence electrons. The van der Waals surface area contributed by atoms with Crippen molar-refractivity contribution in [3.05, 3.63) is 47.8 Å². The maximum atomic E-state index is 5.71. The Morgan fingerprint density at radius 2 is 2.30 bits per heavy atom. The zero-order chi connectivity index (χ0) is 13.9. The Morgan fingerprint density at radius 1 is 1.45 bits per heavy atom. The highest BCUT2D eigenvalue weighted by Gasteiger charge is 2.22. The number of rotatable bonds is 4. The van der Waals surface area contributed by atoms with Gasteiger partial charge >= 0.3 is 0 Å². The fraction of sp³-hybridized carbons (Fsp3) is 0.438. The fourth-order valence-electron chi connectivity index (χ4n) is 2.69. The van der Waals surface area contributed by atoms with Gasteiger partial charge in [-0.2, -0.15) is 5.10 Å². The Morgan fingerprint density at radius 3 is 3.10 bits per heavy atom. The third kappa shape index (κ3) is 2.56. The van der Waals surface area contributed by atoms with Gasteiger partial charge in [0.25, 0.3) is 0 Å². The van der Waals surface area contributed by atoms with E-state index in [4.69, 9.17) is 4.74 Å². The molecule has 3 rings (SSSR count). The van der Waals surface area contributed by atoms with E-state index in [-0.39, 0.29) is 6.04 Å². The number of fused-ring (bicyclic) bond motifs is 1. The highest BCUT2D eigenvalue weighted by Crippen LogP contribution is 2.33. The first-order valence-corrected chi connectivity index (χ1v) is 7.28. The van der Waals surface area contributed by atoms with Crippen LogP contribution in [-0.4, -0.2) is 16.4 Å². The summed E-state index contributed by atoms with van der Waals surface area (Å²) in [7, 11) is 0. The molecule has 0 saturated heterocycles. The van der Waals surface area contributed by atoms with Crippen molar-refractivity contribution in [2.45, 2.75) is 38.9 Å². The molecule has 2 unspecified atom stereocenters. The summed E-state index contributed by atoms with van der Waals surface area (Å²) < 4.78 is 7.67. The molecule has 2 atom stereocenters. The van der Waals surface area contributed by atoms with Gasteiger partial charge in [0.1, 0.15) is 5.75 Å². The molecule has 1 aromatic heterocycles. The first kappa shape index (κ1) is 13.2. The van der Waals surface area contributed by atoms with Crippen LogP contribution in [0.2, 0.25) is 0 Å². The maximum Gasteiger partial charge on any atom is 0.124 e. The predicted octanol–water partition coefficient (Wildman–Crippen LogP) is 3.08. The minimum absolute atomic E-state index is 0.284. The summed E-state index contributed by atoms with van der Waals surface area (Å²) in [5.74, 6) is 1.01. The monoisotopic (exact) mass is 271 g/mol. The van der Waals surface area contributed by atoms with Crippen molar-refractivity contribution in [2.24, 2.45) is 0 Å². The summed E-state index contributed by atoms with van der Waals surface area (Å²) in [4.78, 5) is 0. The molecule has 0 spiro atoms. The van der Waals surface area contributed by atoms with Crippen LogP contribution in [0.25, 0.3) is 0 Å². The average molecular weight is 271 g/mol. The topological polar surface area (TPSA) is 39.1 Å². The van der Waals surface area contributed by atoms with Gasteiger partial charge < -0.3 is 10.1 Å². The molecule has 4 nitrogen and oxygen atoms in total. The van der Waals surface area contributed by atoms with Crippen LogP contribution < -0.4 is 10.1 Å². The number of hydrogen-bond acceptors (Lipinski definition) is 3. The molecule has 2 heterocycles. The number of ether oxygens (including phenoxy) is 1. The van der Waals surface area contributed by atoms with E-state index in [2.05, 4.69) is 42.6 Å². The smallest absolute Gasteiger partial charge is 0.124 e. The molecule has 2 aromatic rings. The van der Waals surface area contributed by atoms with Crippen LogP contribution >= 0.6 is 0 Å². The lowest BCUT2D eigenvalue weighted by Gasteiger charge is -2.29. The minimum Gasteiger partial charge on any atom is -0.493 e. The van der Waals surface area contributed by atoms with E-state index in [0.29, 0.717) is 6.04 Å². The lowest BCUT2D eigenvalue weighted by atomic mass is 9.99. The van der Waals surface area contributed by atoms with Gasteiger partial charge in [-0.05, 0) is 19.9 Å². The van der Waals surface area contributed by atoms with E-state index >= 15 is 0 Å². The summed E-state index contributed by atoms with van der Waals surface area (Å²) >= 11 is 0. The van der Waals surface area contributed by atoms with Crippen molar-refractivity contribution in [1.82, 2.24) is 15.1 Å². The molecule has 1 aliphatic heterocycles. The maximum absolute atomic E-state index is 5.71. The normalized spacial score (nSPS) is 19.2. The van der Waals surface area contributed by atoms with Crippen LogP contribution in [0.15, 0.2) is 36.7 Å². The van der Waals surface area contributed by atoms with Crippen molar-refractivity contribution in [1.29, 1.82) is 0 Å². The summed E-state index contributed by atoms with van der Waals surface area (Å²) in [6.07, 6.45) is 5.07. The molecule has 20 heavy (non-hydrogen) atoms. The van der Waals surface area contributed by atoms with Crippen molar-refractivity contribution in [3.8, 4) is 5.75 Å². The van der Waals surface area contributed by atoms with Crippen molar-refractivity contribution in [2.75, 3.05) is 6.61 Å². The molecule has 0 bridgehead atoms. The molecule has 0 amide bonds. The molecule has 1 aliphatic rings. The lowest BCUT2D eigenvalue weighted by molar-refractivity contribution is 0.246. The Balaban J connectivity index is 1.75. The number of benzene rings is 1. The quantitative estimate of drug-likeness (QED) is 0.929. The van der Waals surface area contributed by atoms with Gasteiger partial charge in [-0.1, -0.05) is 18.2 Å². The van der Waals surface area contributed by atoms with Gasteiger partial charge in [-0.3, -0.25) is 4.68 Å². The summed E-state index contributed by atoms with van der Waals surface area (Å²) in [5, 5.41) is 8.04. The zero-order valence-corrected chi connectivity index (χ0v) is 12.0. The summed E-state index contributed by atoms with van der Waals surface area (Å²) in [6, 6.07) is 8.92. The molecule has 0 radical (unpaired) electrons. The number of nitrogens with one attached hydrogen (secondary N) is 1.